The minimum atomic E-state index is -4.66. The number of benzene rings is 2. The number of fused-ring (bicyclic) bond motifs is 1. The first-order chi connectivity index (χ1) is 18.9. The molecule has 0 fully saturated rings. The van der Waals surface area contributed by atoms with Gasteiger partial charge in [-0.1, -0.05) is 11.8 Å². The molecule has 40 heavy (non-hydrogen) atoms. The number of nitrogens with two attached hydrogens (primary N) is 2. The fraction of sp³-hybridized carbons (Fsp3) is 0.185. The van der Waals surface area contributed by atoms with Gasteiger partial charge < -0.3 is 30.6 Å². The number of aromatic carboxylic acids is 1. The van der Waals surface area contributed by atoms with Gasteiger partial charge in [-0.05, 0) is 35.9 Å². The van der Waals surface area contributed by atoms with Crippen LogP contribution in [0.3, 0.4) is 0 Å². The fourth-order valence-corrected chi connectivity index (χ4v) is 4.09. The molecular formula is C27H22F3N5O5. The largest absolute Gasteiger partial charge is 0.493 e. The van der Waals surface area contributed by atoms with Crippen LogP contribution in [0.5, 0.6) is 11.5 Å². The summed E-state index contributed by atoms with van der Waals surface area (Å²) in [4.78, 5) is 32.0. The van der Waals surface area contributed by atoms with Crippen molar-refractivity contribution in [3.05, 3.63) is 80.8 Å². The molecule has 0 unspecified atom stereocenters. The van der Waals surface area contributed by atoms with Crippen molar-refractivity contribution in [3.8, 4) is 23.3 Å². The quantitative estimate of drug-likeness (QED) is 0.305. The van der Waals surface area contributed by atoms with Gasteiger partial charge in [0.15, 0.2) is 11.5 Å². The number of anilines is 2. The first kappa shape index (κ1) is 27.8. The maximum atomic E-state index is 13.2. The van der Waals surface area contributed by atoms with Gasteiger partial charge in [-0.25, -0.2) is 9.78 Å². The van der Waals surface area contributed by atoms with E-state index in [9.17, 15) is 27.9 Å². The number of pyridine rings is 1. The second-order valence-electron chi connectivity index (χ2n) is 8.60. The van der Waals surface area contributed by atoms with Crippen LogP contribution in [-0.2, 0) is 13.0 Å². The van der Waals surface area contributed by atoms with Crippen LogP contribution in [0.4, 0.5) is 24.9 Å². The maximum absolute atomic E-state index is 13.2. The summed E-state index contributed by atoms with van der Waals surface area (Å²) in [5.74, 6) is 5.13. The lowest BCUT2D eigenvalue weighted by molar-refractivity contribution is -0.140. The number of carbonyl (C=O) groups is 1. The van der Waals surface area contributed by atoms with Crippen molar-refractivity contribution in [1.29, 1.82) is 0 Å². The third-order valence-electron chi connectivity index (χ3n) is 5.85. The predicted octanol–water partition coefficient (Wildman–Crippen LogP) is 3.22. The second-order valence-corrected chi connectivity index (χ2v) is 8.60. The minimum absolute atomic E-state index is 0.0374. The lowest BCUT2D eigenvalue weighted by Gasteiger charge is -2.14. The summed E-state index contributed by atoms with van der Waals surface area (Å²) in [7, 11) is 2.88. The molecule has 0 amide bonds. The number of nitrogens with zero attached hydrogens (tertiary/aromatic N) is 3. The third-order valence-corrected chi connectivity index (χ3v) is 5.85. The van der Waals surface area contributed by atoms with E-state index in [0.29, 0.717) is 39.8 Å². The zero-order valence-electron chi connectivity index (χ0n) is 21.2. The number of ether oxygens (including phenoxy) is 2. The highest BCUT2D eigenvalue weighted by Gasteiger charge is 2.29. The summed E-state index contributed by atoms with van der Waals surface area (Å²) >= 11 is 0. The third kappa shape index (κ3) is 5.91. The minimum Gasteiger partial charge on any atom is -0.493 e. The number of carboxylic acids is 1. The number of halogens is 3. The van der Waals surface area contributed by atoms with E-state index in [2.05, 4.69) is 21.8 Å². The van der Waals surface area contributed by atoms with E-state index < -0.39 is 29.7 Å². The average Bonchev–Trinajstić information content (AvgIpc) is 2.89. The molecule has 2 aromatic carbocycles. The van der Waals surface area contributed by atoms with Crippen molar-refractivity contribution in [3.63, 3.8) is 0 Å². The Morgan fingerprint density at radius 3 is 2.50 bits per heavy atom. The number of alkyl halides is 3. The number of carboxylic acid groups (broad SMARTS) is 1. The van der Waals surface area contributed by atoms with Gasteiger partial charge in [-0.15, -0.1) is 0 Å². The van der Waals surface area contributed by atoms with E-state index in [0.717, 1.165) is 5.56 Å². The molecule has 0 saturated carbocycles. The monoisotopic (exact) mass is 553 g/mol. The zero-order valence-corrected chi connectivity index (χ0v) is 21.2. The van der Waals surface area contributed by atoms with Crippen LogP contribution in [0.25, 0.3) is 10.9 Å². The summed E-state index contributed by atoms with van der Waals surface area (Å²) in [6.45, 7) is -1.49. The molecular weight excluding hydrogens is 531 g/mol. The van der Waals surface area contributed by atoms with Crippen molar-refractivity contribution >= 4 is 28.6 Å². The van der Waals surface area contributed by atoms with E-state index >= 15 is 0 Å². The highest BCUT2D eigenvalue weighted by atomic mass is 19.4. The van der Waals surface area contributed by atoms with Crippen molar-refractivity contribution in [2.24, 2.45) is 0 Å². The second kappa shape index (κ2) is 10.9. The molecule has 4 rings (SSSR count). The van der Waals surface area contributed by atoms with Gasteiger partial charge in [-0.2, -0.15) is 18.2 Å². The highest BCUT2D eigenvalue weighted by molar-refractivity contribution is 5.93. The van der Waals surface area contributed by atoms with Crippen LogP contribution in [0.1, 0.15) is 32.6 Å². The molecule has 0 bridgehead atoms. The number of methoxy groups -OCH3 is 2. The smallest absolute Gasteiger partial charge is 0.406 e. The molecule has 0 saturated heterocycles. The summed E-state index contributed by atoms with van der Waals surface area (Å²) in [5.41, 5.74) is 11.8. The van der Waals surface area contributed by atoms with E-state index in [1.165, 1.54) is 38.6 Å². The maximum Gasteiger partial charge on any atom is 0.406 e. The molecule has 13 heteroatoms. The standard InChI is InChI=1S/C27H22F3N5O5/c1-39-21-10-15(8-17-11-33-26(32)34-24(17)31)7-16(23(21)40-2)5-3-14-4-6-18-20(9-14)35(13-27(28,29)30)12-19(22(18)36)25(37)38/h4,6-7,9-12H,8,13H2,1-2H3,(H,37,38)(H4,31,32,33,34). The van der Waals surface area contributed by atoms with Crippen LogP contribution in [0.15, 0.2) is 47.5 Å². The van der Waals surface area contributed by atoms with E-state index in [1.54, 1.807) is 12.1 Å². The molecule has 4 aromatic rings. The molecule has 0 aliphatic heterocycles. The van der Waals surface area contributed by atoms with Crippen LogP contribution in [-0.4, -0.2) is 46.0 Å². The van der Waals surface area contributed by atoms with E-state index in [4.69, 9.17) is 20.9 Å². The van der Waals surface area contributed by atoms with Crippen molar-refractivity contribution < 1.29 is 32.5 Å². The first-order valence-electron chi connectivity index (χ1n) is 11.5. The fourth-order valence-electron chi connectivity index (χ4n) is 4.09. The summed E-state index contributed by atoms with van der Waals surface area (Å²) in [6.07, 6.45) is -2.16. The SMILES string of the molecule is COc1cc(Cc2cnc(N)nc2N)cc(C#Cc2ccc3c(=O)c(C(=O)O)cn(CC(F)(F)F)c3c2)c1OC. The summed E-state index contributed by atoms with van der Waals surface area (Å²) < 4.78 is 51.3. The average molecular weight is 553 g/mol. The Bertz CT molecular complexity index is 1760. The van der Waals surface area contributed by atoms with Crippen LogP contribution in [0, 0.1) is 11.8 Å². The molecule has 0 atom stereocenters. The van der Waals surface area contributed by atoms with Crippen molar-refractivity contribution in [2.45, 2.75) is 19.1 Å². The molecule has 10 nitrogen and oxygen atoms in total. The molecule has 206 valence electrons. The Morgan fingerprint density at radius 1 is 1.12 bits per heavy atom. The summed E-state index contributed by atoms with van der Waals surface area (Å²) in [5, 5.41) is 9.11. The van der Waals surface area contributed by atoms with E-state index in [-0.39, 0.29) is 28.2 Å². The van der Waals surface area contributed by atoms with Gasteiger partial charge in [0.05, 0.1) is 25.3 Å². The molecule has 0 aliphatic rings. The Balaban J connectivity index is 1.82. The molecule has 2 heterocycles. The number of hydrogen-bond donors (Lipinski definition) is 3. The Labute approximate surface area is 225 Å². The Hall–Kier alpha value is -5.25. The van der Waals surface area contributed by atoms with Gasteiger partial charge in [0.2, 0.25) is 11.4 Å². The molecule has 0 aliphatic carbocycles. The molecule has 2 aromatic heterocycles. The first-order valence-corrected chi connectivity index (χ1v) is 11.5. The molecule has 0 radical (unpaired) electrons. The number of hydrogen-bond acceptors (Lipinski definition) is 8. The van der Waals surface area contributed by atoms with Crippen molar-refractivity contribution in [1.82, 2.24) is 14.5 Å². The molecule has 5 N–H and O–H groups in total. The topological polar surface area (TPSA) is 156 Å². The predicted molar refractivity (Wildman–Crippen MR) is 140 cm³/mol. The molecule has 0 spiro atoms. The van der Waals surface area contributed by atoms with Gasteiger partial charge in [-0.3, -0.25) is 4.79 Å². The van der Waals surface area contributed by atoms with Gasteiger partial charge >= 0.3 is 12.1 Å². The number of nitrogen functional groups attached to an aromatic ring is 2. The Morgan fingerprint density at radius 2 is 1.88 bits per heavy atom. The normalized spacial score (nSPS) is 11.1. The van der Waals surface area contributed by atoms with E-state index in [1.807, 2.05) is 0 Å². The van der Waals surface area contributed by atoms with Gasteiger partial charge in [0.25, 0.3) is 0 Å². The lowest BCUT2D eigenvalue weighted by atomic mass is 10.0. The Kier molecular flexibility index (Phi) is 7.54. The van der Waals surface area contributed by atoms with Crippen molar-refractivity contribution in [2.75, 3.05) is 25.7 Å². The van der Waals surface area contributed by atoms with Gasteiger partial charge in [0, 0.05) is 35.3 Å². The number of rotatable bonds is 6. The van der Waals surface area contributed by atoms with Gasteiger partial charge in [0.1, 0.15) is 17.9 Å². The van der Waals surface area contributed by atoms with Crippen LogP contribution >= 0.6 is 0 Å². The number of aromatic nitrogens is 3. The van der Waals surface area contributed by atoms with Crippen LogP contribution in [0.2, 0.25) is 0 Å². The van der Waals surface area contributed by atoms with Crippen LogP contribution < -0.4 is 26.4 Å². The zero-order chi connectivity index (χ0) is 29.2. The highest BCUT2D eigenvalue weighted by Crippen LogP contribution is 2.33. The lowest BCUT2D eigenvalue weighted by Crippen LogP contribution is -2.24. The summed E-state index contributed by atoms with van der Waals surface area (Å²) in [6, 6.07) is 7.41.